The minimum Gasteiger partial charge on any atom is -0.494 e. The summed E-state index contributed by atoms with van der Waals surface area (Å²) in [6.07, 6.45) is 3.91. The summed E-state index contributed by atoms with van der Waals surface area (Å²) in [5.41, 5.74) is 1.87. The summed E-state index contributed by atoms with van der Waals surface area (Å²) >= 11 is 3.38. The summed E-state index contributed by atoms with van der Waals surface area (Å²) in [6, 6.07) is 7.79. The molecule has 1 aliphatic rings. The smallest absolute Gasteiger partial charge is 0.236 e. The molecule has 0 saturated carbocycles. The number of carbonyl (C=O) groups is 1. The van der Waals surface area contributed by atoms with Crippen molar-refractivity contribution < 1.29 is 42.2 Å². The SMILES string of the molecule is CCOc1ccc(C2=[C-]CC(Br)C(=O)N2CC)cc1.[Y]. The van der Waals surface area contributed by atoms with Crippen LogP contribution in [0.2, 0.25) is 0 Å². The van der Waals surface area contributed by atoms with Crippen LogP contribution in [-0.2, 0) is 37.5 Å². The number of nitrogens with zero attached hydrogens (tertiary/aromatic N) is 1. The van der Waals surface area contributed by atoms with Crippen LogP contribution in [0.5, 0.6) is 5.75 Å². The molecule has 105 valence electrons. The van der Waals surface area contributed by atoms with E-state index in [1.165, 1.54) is 0 Å². The molecule has 1 aromatic carbocycles. The first-order valence-corrected chi connectivity index (χ1v) is 7.38. The molecule has 1 heterocycles. The minimum absolute atomic E-state index is 0. The molecule has 1 unspecified atom stereocenters. The average molecular weight is 412 g/mol. The van der Waals surface area contributed by atoms with Gasteiger partial charge in [-0.1, -0.05) is 22.4 Å². The minimum atomic E-state index is -0.154. The van der Waals surface area contributed by atoms with Crippen molar-refractivity contribution in [1.29, 1.82) is 0 Å². The Labute approximate surface area is 153 Å². The summed E-state index contributed by atoms with van der Waals surface area (Å²) in [5, 5.41) is 0. The molecule has 0 aliphatic carbocycles. The van der Waals surface area contributed by atoms with Crippen LogP contribution >= 0.6 is 15.9 Å². The standard InChI is InChI=1S/C15H17BrNO2.Y/c1-3-17-14(10-9-13(16)15(17)18)11-5-7-12(8-6-11)19-4-2;/h5-8,13H,3-4,9H2,1-2H3;/q-1;. The third-order valence-corrected chi connectivity index (χ3v) is 3.72. The first-order valence-electron chi connectivity index (χ1n) is 6.46. The van der Waals surface area contributed by atoms with Gasteiger partial charge in [0, 0.05) is 39.3 Å². The molecule has 1 aliphatic heterocycles. The third-order valence-electron chi connectivity index (χ3n) is 3.01. The summed E-state index contributed by atoms with van der Waals surface area (Å²) in [6.45, 7) is 5.23. The molecule has 1 amide bonds. The monoisotopic (exact) mass is 411 g/mol. The first kappa shape index (κ1) is 17.9. The Morgan fingerprint density at radius 2 is 2.00 bits per heavy atom. The van der Waals surface area contributed by atoms with Gasteiger partial charge in [-0.05, 0) is 26.0 Å². The van der Waals surface area contributed by atoms with E-state index >= 15 is 0 Å². The second-order valence-corrected chi connectivity index (χ2v) is 5.34. The number of alkyl halides is 1. The van der Waals surface area contributed by atoms with Gasteiger partial charge in [0.1, 0.15) is 5.75 Å². The van der Waals surface area contributed by atoms with Crippen LogP contribution in [0.1, 0.15) is 25.8 Å². The van der Waals surface area contributed by atoms with Crippen molar-refractivity contribution in [3.05, 3.63) is 35.9 Å². The molecule has 0 saturated heterocycles. The zero-order valence-electron chi connectivity index (χ0n) is 11.7. The predicted octanol–water partition coefficient (Wildman–Crippen LogP) is 3.24. The van der Waals surface area contributed by atoms with Crippen molar-refractivity contribution in [3.63, 3.8) is 0 Å². The number of benzene rings is 1. The molecular weight excluding hydrogens is 395 g/mol. The van der Waals surface area contributed by atoms with E-state index in [4.69, 9.17) is 4.74 Å². The van der Waals surface area contributed by atoms with Crippen LogP contribution in [0.15, 0.2) is 24.3 Å². The van der Waals surface area contributed by atoms with Crippen LogP contribution in [0.25, 0.3) is 5.70 Å². The molecule has 0 N–H and O–H groups in total. The van der Waals surface area contributed by atoms with Crippen molar-refractivity contribution in [2.75, 3.05) is 13.2 Å². The van der Waals surface area contributed by atoms with Gasteiger partial charge in [-0.2, -0.15) is 5.56 Å². The fraction of sp³-hybridized carbons (Fsp3) is 0.400. The van der Waals surface area contributed by atoms with Gasteiger partial charge in [0.25, 0.3) is 0 Å². The van der Waals surface area contributed by atoms with Gasteiger partial charge in [0.2, 0.25) is 5.91 Å². The number of ether oxygens (including phenoxy) is 1. The maximum atomic E-state index is 12.1. The van der Waals surface area contributed by atoms with Crippen LogP contribution in [0.4, 0.5) is 0 Å². The molecule has 1 radical (unpaired) electrons. The van der Waals surface area contributed by atoms with Gasteiger partial charge in [-0.25, -0.2) is 6.08 Å². The predicted molar refractivity (Wildman–Crippen MR) is 79.0 cm³/mol. The number of allylic oxidation sites excluding steroid dienone is 1. The van der Waals surface area contributed by atoms with Crippen molar-refractivity contribution in [2.45, 2.75) is 25.1 Å². The van der Waals surface area contributed by atoms with E-state index in [0.717, 1.165) is 17.0 Å². The Hall–Kier alpha value is -0.186. The summed E-state index contributed by atoms with van der Waals surface area (Å²) in [5.74, 6) is 0.945. The number of halogens is 1. The van der Waals surface area contributed by atoms with Gasteiger partial charge in [-0.15, -0.1) is 17.8 Å². The number of carbonyl (C=O) groups excluding carboxylic acids is 1. The van der Waals surface area contributed by atoms with Crippen LogP contribution < -0.4 is 4.74 Å². The van der Waals surface area contributed by atoms with E-state index in [1.54, 1.807) is 4.90 Å². The molecule has 0 spiro atoms. The molecule has 0 fully saturated rings. The Morgan fingerprint density at radius 3 is 2.55 bits per heavy atom. The van der Waals surface area contributed by atoms with E-state index in [9.17, 15) is 4.79 Å². The molecule has 0 aromatic heterocycles. The number of hydrogen-bond donors (Lipinski definition) is 0. The first-order chi connectivity index (χ1) is 9.17. The third kappa shape index (κ3) is 3.93. The Bertz CT molecular complexity index is 487. The van der Waals surface area contributed by atoms with Crippen molar-refractivity contribution >= 4 is 27.5 Å². The second-order valence-electron chi connectivity index (χ2n) is 4.24. The van der Waals surface area contributed by atoms with Crippen LogP contribution in [0, 0.1) is 6.08 Å². The Morgan fingerprint density at radius 1 is 1.35 bits per heavy atom. The maximum absolute atomic E-state index is 12.1. The zero-order valence-corrected chi connectivity index (χ0v) is 16.2. The molecule has 20 heavy (non-hydrogen) atoms. The molecule has 1 aromatic rings. The molecular formula is C15H17BrNO2Y-. The van der Waals surface area contributed by atoms with Crippen molar-refractivity contribution in [3.8, 4) is 5.75 Å². The summed E-state index contributed by atoms with van der Waals surface area (Å²) in [4.78, 5) is 13.7. The molecule has 1 atom stereocenters. The Kier molecular flexibility index (Phi) is 7.42. The van der Waals surface area contributed by atoms with E-state index in [1.807, 2.05) is 38.1 Å². The van der Waals surface area contributed by atoms with Gasteiger partial charge in [-0.3, -0.25) is 4.79 Å². The Balaban J connectivity index is 0.00000200. The summed E-state index contributed by atoms with van der Waals surface area (Å²) < 4.78 is 5.42. The van der Waals surface area contributed by atoms with Crippen LogP contribution in [-0.4, -0.2) is 28.8 Å². The molecule has 3 nitrogen and oxygen atoms in total. The largest absolute Gasteiger partial charge is 0.494 e. The van der Waals surface area contributed by atoms with Crippen molar-refractivity contribution in [1.82, 2.24) is 4.90 Å². The van der Waals surface area contributed by atoms with E-state index in [2.05, 4.69) is 22.0 Å². The fourth-order valence-corrected chi connectivity index (χ4v) is 2.50. The fourth-order valence-electron chi connectivity index (χ4n) is 2.10. The topological polar surface area (TPSA) is 29.5 Å². The van der Waals surface area contributed by atoms with E-state index in [-0.39, 0.29) is 43.4 Å². The average Bonchev–Trinajstić information content (AvgIpc) is 2.43. The van der Waals surface area contributed by atoms with Crippen molar-refractivity contribution in [2.24, 2.45) is 0 Å². The van der Waals surface area contributed by atoms with Gasteiger partial charge in [0.15, 0.2) is 0 Å². The second kappa shape index (κ2) is 8.30. The number of rotatable bonds is 4. The quantitative estimate of drug-likeness (QED) is 0.562. The van der Waals surface area contributed by atoms with Gasteiger partial charge in [0.05, 0.1) is 11.4 Å². The van der Waals surface area contributed by atoms with Gasteiger partial charge < -0.3 is 9.64 Å². The van der Waals surface area contributed by atoms with Crippen LogP contribution in [0.3, 0.4) is 0 Å². The van der Waals surface area contributed by atoms with Gasteiger partial charge >= 0.3 is 0 Å². The molecule has 2 rings (SSSR count). The van der Waals surface area contributed by atoms with E-state index < -0.39 is 0 Å². The number of hydrogen-bond acceptors (Lipinski definition) is 2. The molecule has 5 heteroatoms. The summed E-state index contributed by atoms with van der Waals surface area (Å²) in [7, 11) is 0. The number of amides is 1. The zero-order chi connectivity index (χ0) is 13.8. The maximum Gasteiger partial charge on any atom is 0.236 e. The molecule has 0 bridgehead atoms. The van der Waals surface area contributed by atoms with E-state index in [0.29, 0.717) is 19.6 Å². The normalized spacial score (nSPS) is 18.4.